The van der Waals surface area contributed by atoms with Crippen molar-refractivity contribution in [2.75, 3.05) is 26.4 Å². The Morgan fingerprint density at radius 2 is 1.93 bits per heavy atom. The maximum atomic E-state index is 9.59. The summed E-state index contributed by atoms with van der Waals surface area (Å²) in [5.74, 6) is 1.82. The SMILES string of the molecule is CCNC(=NCc1cccc(O)c1)NCc1ccc(C)cc1OCCOCC. The van der Waals surface area contributed by atoms with Crippen LogP contribution in [-0.4, -0.2) is 37.4 Å². The van der Waals surface area contributed by atoms with Crippen LogP contribution in [0.25, 0.3) is 0 Å². The molecular weight excluding hydrogens is 354 g/mol. The lowest BCUT2D eigenvalue weighted by molar-refractivity contribution is 0.110. The Morgan fingerprint density at radius 3 is 2.68 bits per heavy atom. The van der Waals surface area contributed by atoms with E-state index in [-0.39, 0.29) is 5.75 Å². The molecule has 0 heterocycles. The quantitative estimate of drug-likeness (QED) is 0.332. The lowest BCUT2D eigenvalue weighted by Crippen LogP contribution is -2.36. The van der Waals surface area contributed by atoms with Crippen LogP contribution < -0.4 is 15.4 Å². The van der Waals surface area contributed by atoms with E-state index in [4.69, 9.17) is 9.47 Å². The summed E-state index contributed by atoms with van der Waals surface area (Å²) in [6.07, 6.45) is 0. The van der Waals surface area contributed by atoms with Crippen molar-refractivity contribution in [1.29, 1.82) is 0 Å². The van der Waals surface area contributed by atoms with Gasteiger partial charge in [-0.25, -0.2) is 4.99 Å². The molecule has 0 aliphatic rings. The lowest BCUT2D eigenvalue weighted by Gasteiger charge is -2.15. The second kappa shape index (κ2) is 11.9. The van der Waals surface area contributed by atoms with Crippen molar-refractivity contribution in [2.45, 2.75) is 33.9 Å². The Balaban J connectivity index is 2.01. The minimum absolute atomic E-state index is 0.249. The molecule has 0 atom stereocenters. The number of aliphatic imine (C=N–C) groups is 1. The molecule has 2 rings (SSSR count). The molecule has 0 saturated carbocycles. The van der Waals surface area contributed by atoms with Crippen molar-refractivity contribution in [3.63, 3.8) is 0 Å². The van der Waals surface area contributed by atoms with E-state index in [1.807, 2.05) is 39.0 Å². The van der Waals surface area contributed by atoms with E-state index in [1.54, 1.807) is 12.1 Å². The normalized spacial score (nSPS) is 11.3. The number of hydrogen-bond acceptors (Lipinski definition) is 4. The van der Waals surface area contributed by atoms with Crippen LogP contribution >= 0.6 is 0 Å². The van der Waals surface area contributed by atoms with Gasteiger partial charge < -0.3 is 25.2 Å². The highest BCUT2D eigenvalue weighted by Gasteiger charge is 2.06. The summed E-state index contributed by atoms with van der Waals surface area (Å²) in [7, 11) is 0. The molecule has 0 fully saturated rings. The first kappa shape index (κ1) is 21.6. The third-order valence-electron chi connectivity index (χ3n) is 4.03. The van der Waals surface area contributed by atoms with E-state index in [9.17, 15) is 5.11 Å². The Bertz CT molecular complexity index is 762. The van der Waals surface area contributed by atoms with Gasteiger partial charge in [0.1, 0.15) is 18.1 Å². The molecule has 0 radical (unpaired) electrons. The molecule has 0 aliphatic heterocycles. The molecule has 6 nitrogen and oxygen atoms in total. The van der Waals surface area contributed by atoms with Gasteiger partial charge in [-0.2, -0.15) is 0 Å². The van der Waals surface area contributed by atoms with Crippen LogP contribution in [-0.2, 0) is 17.8 Å². The van der Waals surface area contributed by atoms with Gasteiger partial charge in [0, 0.05) is 25.3 Å². The van der Waals surface area contributed by atoms with Gasteiger partial charge in [-0.1, -0.05) is 24.3 Å². The molecule has 0 unspecified atom stereocenters. The third-order valence-corrected chi connectivity index (χ3v) is 4.03. The number of hydrogen-bond donors (Lipinski definition) is 3. The van der Waals surface area contributed by atoms with E-state index in [0.29, 0.717) is 38.9 Å². The summed E-state index contributed by atoms with van der Waals surface area (Å²) < 4.78 is 11.3. The number of nitrogens with one attached hydrogen (secondary N) is 2. The van der Waals surface area contributed by atoms with Crippen LogP contribution in [0.4, 0.5) is 0 Å². The van der Waals surface area contributed by atoms with E-state index in [2.05, 4.69) is 27.8 Å². The summed E-state index contributed by atoms with van der Waals surface area (Å²) in [5, 5.41) is 16.2. The fourth-order valence-electron chi connectivity index (χ4n) is 2.64. The number of nitrogens with zero attached hydrogens (tertiary/aromatic N) is 1. The highest BCUT2D eigenvalue weighted by molar-refractivity contribution is 5.79. The van der Waals surface area contributed by atoms with E-state index in [0.717, 1.165) is 29.0 Å². The van der Waals surface area contributed by atoms with Crippen LogP contribution in [0.2, 0.25) is 0 Å². The van der Waals surface area contributed by atoms with Gasteiger partial charge in [0.05, 0.1) is 13.2 Å². The van der Waals surface area contributed by atoms with Crippen molar-refractivity contribution >= 4 is 5.96 Å². The maximum absolute atomic E-state index is 9.59. The number of benzene rings is 2. The van der Waals surface area contributed by atoms with Crippen LogP contribution in [0.3, 0.4) is 0 Å². The minimum atomic E-state index is 0.249. The minimum Gasteiger partial charge on any atom is -0.508 e. The zero-order chi connectivity index (χ0) is 20.2. The Morgan fingerprint density at radius 1 is 1.07 bits per heavy atom. The van der Waals surface area contributed by atoms with Crippen LogP contribution in [0.5, 0.6) is 11.5 Å². The van der Waals surface area contributed by atoms with E-state index in [1.165, 1.54) is 0 Å². The highest BCUT2D eigenvalue weighted by atomic mass is 16.5. The summed E-state index contributed by atoms with van der Waals surface area (Å²) in [4.78, 5) is 4.60. The number of phenolic OH excluding ortho intramolecular Hbond substituents is 1. The second-order valence-corrected chi connectivity index (χ2v) is 6.38. The van der Waals surface area contributed by atoms with Gasteiger partial charge in [-0.15, -0.1) is 0 Å². The number of phenols is 1. The molecule has 0 bridgehead atoms. The fourth-order valence-corrected chi connectivity index (χ4v) is 2.64. The third kappa shape index (κ3) is 7.48. The van der Waals surface area contributed by atoms with E-state index < -0.39 is 0 Å². The second-order valence-electron chi connectivity index (χ2n) is 6.38. The predicted octanol–water partition coefficient (Wildman–Crippen LogP) is 3.37. The molecule has 0 spiro atoms. The van der Waals surface area contributed by atoms with Crippen LogP contribution in [0.1, 0.15) is 30.5 Å². The van der Waals surface area contributed by atoms with Crippen molar-refractivity contribution in [1.82, 2.24) is 10.6 Å². The molecule has 28 heavy (non-hydrogen) atoms. The Labute approximate surface area is 167 Å². The van der Waals surface area contributed by atoms with Gasteiger partial charge in [0.2, 0.25) is 0 Å². The topological polar surface area (TPSA) is 75.1 Å². The molecule has 2 aromatic rings. The molecule has 2 aromatic carbocycles. The first-order chi connectivity index (χ1) is 13.6. The summed E-state index contributed by atoms with van der Waals surface area (Å²) in [6, 6.07) is 13.3. The zero-order valence-corrected chi connectivity index (χ0v) is 17.0. The fraction of sp³-hybridized carbons (Fsp3) is 0.409. The molecule has 6 heteroatoms. The Kier molecular flexibility index (Phi) is 9.15. The molecule has 0 aromatic heterocycles. The first-order valence-electron chi connectivity index (χ1n) is 9.72. The van der Waals surface area contributed by atoms with Crippen molar-refractivity contribution in [2.24, 2.45) is 4.99 Å². The number of aromatic hydroxyl groups is 1. The molecule has 0 aliphatic carbocycles. The van der Waals surface area contributed by atoms with Crippen LogP contribution in [0, 0.1) is 6.92 Å². The van der Waals surface area contributed by atoms with Crippen molar-refractivity contribution in [3.05, 3.63) is 59.2 Å². The lowest BCUT2D eigenvalue weighted by atomic mass is 10.1. The summed E-state index contributed by atoms with van der Waals surface area (Å²) in [5.41, 5.74) is 3.16. The number of ether oxygens (including phenoxy) is 2. The van der Waals surface area contributed by atoms with Gasteiger partial charge in [-0.3, -0.25) is 0 Å². The monoisotopic (exact) mass is 385 g/mol. The first-order valence-corrected chi connectivity index (χ1v) is 9.72. The number of guanidine groups is 1. The predicted molar refractivity (Wildman–Crippen MR) is 113 cm³/mol. The molecule has 0 saturated heterocycles. The molecule has 0 amide bonds. The average Bonchev–Trinajstić information content (AvgIpc) is 2.68. The van der Waals surface area contributed by atoms with Gasteiger partial charge in [0.15, 0.2) is 5.96 Å². The number of aryl methyl sites for hydroxylation is 1. The van der Waals surface area contributed by atoms with Crippen molar-refractivity contribution in [3.8, 4) is 11.5 Å². The molecule has 152 valence electrons. The largest absolute Gasteiger partial charge is 0.508 e. The highest BCUT2D eigenvalue weighted by Crippen LogP contribution is 2.20. The number of rotatable bonds is 10. The maximum Gasteiger partial charge on any atom is 0.191 e. The summed E-state index contributed by atoms with van der Waals surface area (Å²) >= 11 is 0. The van der Waals surface area contributed by atoms with Gasteiger partial charge in [0.25, 0.3) is 0 Å². The molecule has 3 N–H and O–H groups in total. The smallest absolute Gasteiger partial charge is 0.191 e. The van der Waals surface area contributed by atoms with Crippen molar-refractivity contribution < 1.29 is 14.6 Å². The van der Waals surface area contributed by atoms with Crippen LogP contribution in [0.15, 0.2) is 47.5 Å². The van der Waals surface area contributed by atoms with E-state index >= 15 is 0 Å². The average molecular weight is 386 g/mol. The Hall–Kier alpha value is -2.73. The van der Waals surface area contributed by atoms with Gasteiger partial charge >= 0.3 is 0 Å². The summed E-state index contributed by atoms with van der Waals surface area (Å²) in [6.45, 7) is 9.67. The van der Waals surface area contributed by atoms with Gasteiger partial charge in [-0.05, 0) is 50.1 Å². The standard InChI is InChI=1S/C22H31N3O3/c1-4-23-22(24-15-18-7-6-8-20(26)14-18)25-16-19-10-9-17(3)13-21(19)28-12-11-27-5-2/h6-10,13-14,26H,4-5,11-12,15-16H2,1-3H3,(H2,23,24,25). The molecular formula is C22H31N3O3. The zero-order valence-electron chi connectivity index (χ0n) is 17.0.